The first-order valence-corrected chi connectivity index (χ1v) is 13.0. The summed E-state index contributed by atoms with van der Waals surface area (Å²) < 4.78 is 17.1. The van der Waals surface area contributed by atoms with Crippen LogP contribution in [0.3, 0.4) is 0 Å². The van der Waals surface area contributed by atoms with Gasteiger partial charge in [-0.05, 0) is 30.5 Å². The smallest absolute Gasteiger partial charge is 0.408 e. The van der Waals surface area contributed by atoms with Gasteiger partial charge in [0.25, 0.3) is 0 Å². The van der Waals surface area contributed by atoms with Gasteiger partial charge in [-0.2, -0.15) is 0 Å². The molecule has 0 saturated carbocycles. The Hall–Kier alpha value is -4.20. The van der Waals surface area contributed by atoms with Crippen LogP contribution >= 0.6 is 0 Å². The van der Waals surface area contributed by atoms with Crippen molar-refractivity contribution in [2.75, 3.05) is 7.11 Å². The number of carbonyl (C=O) groups is 2. The van der Waals surface area contributed by atoms with Crippen LogP contribution in [0.5, 0.6) is 5.88 Å². The highest BCUT2D eigenvalue weighted by Crippen LogP contribution is 2.33. The average Bonchev–Trinajstić information content (AvgIpc) is 3.45. The molecule has 2 aromatic carbocycles. The first kappa shape index (κ1) is 26.9. The first-order chi connectivity index (χ1) is 18.6. The van der Waals surface area contributed by atoms with Crippen molar-refractivity contribution in [3.63, 3.8) is 0 Å². The fraction of sp³-hybridized carbons (Fsp3) is 0.333. The molecule has 0 aliphatic rings. The summed E-state index contributed by atoms with van der Waals surface area (Å²) in [4.78, 5) is 33.4. The van der Waals surface area contributed by atoms with Crippen LogP contribution in [0.15, 0.2) is 71.3 Å². The number of ketones is 1. The number of benzene rings is 2. The number of rotatable bonds is 13. The van der Waals surface area contributed by atoms with Crippen molar-refractivity contribution in [1.29, 1.82) is 0 Å². The maximum absolute atomic E-state index is 12.7. The van der Waals surface area contributed by atoms with Gasteiger partial charge in [-0.1, -0.05) is 68.3 Å². The number of ether oxygens (including phenoxy) is 2. The Bertz CT molecular complexity index is 1350. The Morgan fingerprint density at radius 3 is 2.61 bits per heavy atom. The minimum atomic E-state index is -0.551. The van der Waals surface area contributed by atoms with Crippen LogP contribution in [-0.4, -0.2) is 29.0 Å². The molecule has 8 nitrogen and oxygen atoms in total. The van der Waals surface area contributed by atoms with Gasteiger partial charge in [0.1, 0.15) is 18.4 Å². The molecule has 8 heteroatoms. The van der Waals surface area contributed by atoms with Gasteiger partial charge in [-0.15, -0.1) is 0 Å². The summed E-state index contributed by atoms with van der Waals surface area (Å²) in [5.41, 5.74) is 2.39. The predicted octanol–water partition coefficient (Wildman–Crippen LogP) is 6.80. The fourth-order valence-electron chi connectivity index (χ4n) is 4.19. The molecule has 0 aliphatic carbocycles. The van der Waals surface area contributed by atoms with Gasteiger partial charge in [-0.3, -0.25) is 4.79 Å². The largest absolute Gasteiger partial charge is 0.480 e. The molecule has 0 aliphatic heterocycles. The molecule has 0 spiro atoms. The number of unbranched alkanes of at least 4 members (excludes halogenated alkanes) is 2. The summed E-state index contributed by atoms with van der Waals surface area (Å²) in [6, 6.07) is 18.7. The first-order valence-electron chi connectivity index (χ1n) is 13.0. The third-order valence-electron chi connectivity index (χ3n) is 6.32. The zero-order valence-corrected chi connectivity index (χ0v) is 21.8. The zero-order chi connectivity index (χ0) is 26.7. The number of methoxy groups -OCH3 is 1. The minimum Gasteiger partial charge on any atom is -0.480 e. The second-order valence-electron chi connectivity index (χ2n) is 9.05. The van der Waals surface area contributed by atoms with Gasteiger partial charge >= 0.3 is 6.09 Å². The number of carbonyl (C=O) groups excluding carboxylic acids is 2. The van der Waals surface area contributed by atoms with Gasteiger partial charge in [-0.25, -0.2) is 14.8 Å². The van der Waals surface area contributed by atoms with E-state index in [1.54, 1.807) is 13.3 Å². The van der Waals surface area contributed by atoms with Crippen molar-refractivity contribution in [2.24, 2.45) is 0 Å². The van der Waals surface area contributed by atoms with Crippen molar-refractivity contribution in [1.82, 2.24) is 15.3 Å². The van der Waals surface area contributed by atoms with Gasteiger partial charge < -0.3 is 19.2 Å². The van der Waals surface area contributed by atoms with Crippen molar-refractivity contribution in [3.8, 4) is 17.2 Å². The van der Waals surface area contributed by atoms with Crippen LogP contribution in [0.25, 0.3) is 22.2 Å². The molecule has 2 heterocycles. The minimum absolute atomic E-state index is 0.162. The molecule has 0 radical (unpaired) electrons. The molecular weight excluding hydrogens is 482 g/mol. The van der Waals surface area contributed by atoms with E-state index in [9.17, 15) is 9.59 Å². The monoisotopic (exact) mass is 515 g/mol. The number of oxazole rings is 1. The summed E-state index contributed by atoms with van der Waals surface area (Å²) in [7, 11) is 1.56. The molecule has 1 atom stereocenters. The highest BCUT2D eigenvalue weighted by molar-refractivity contribution is 5.85. The van der Waals surface area contributed by atoms with Gasteiger partial charge in [0.05, 0.1) is 24.4 Å². The van der Waals surface area contributed by atoms with Crippen LogP contribution in [0.1, 0.15) is 62.9 Å². The molecule has 0 bridgehead atoms. The predicted molar refractivity (Wildman–Crippen MR) is 145 cm³/mol. The lowest BCUT2D eigenvalue weighted by atomic mass is 10.1. The Morgan fingerprint density at radius 1 is 1.03 bits per heavy atom. The number of hydrogen-bond acceptors (Lipinski definition) is 7. The maximum Gasteiger partial charge on any atom is 0.408 e. The number of nitrogens with one attached hydrogen (secondary N) is 1. The SMILES string of the molecule is CCC(=O)CCCCC[C@H](NC(=O)OCc1ccccc1)c1ncc(-c2cc3ccccc3nc2OC)o1. The lowest BCUT2D eigenvalue weighted by Crippen LogP contribution is -2.29. The Morgan fingerprint density at radius 2 is 1.82 bits per heavy atom. The summed E-state index contributed by atoms with van der Waals surface area (Å²) in [5.74, 6) is 1.56. The molecule has 0 unspecified atom stereocenters. The lowest BCUT2D eigenvalue weighted by Gasteiger charge is -2.16. The van der Waals surface area contributed by atoms with E-state index >= 15 is 0 Å². The van der Waals surface area contributed by atoms with Crippen LogP contribution in [-0.2, 0) is 16.1 Å². The third-order valence-corrected chi connectivity index (χ3v) is 6.32. The highest BCUT2D eigenvalue weighted by Gasteiger charge is 2.23. The Labute approximate surface area is 222 Å². The van der Waals surface area contributed by atoms with Crippen LogP contribution in [0.4, 0.5) is 4.79 Å². The molecule has 0 saturated heterocycles. The fourth-order valence-corrected chi connectivity index (χ4v) is 4.19. The molecule has 1 N–H and O–H groups in total. The van der Waals surface area contributed by atoms with Gasteiger partial charge in [0, 0.05) is 18.2 Å². The highest BCUT2D eigenvalue weighted by atomic mass is 16.5. The molecule has 2 aromatic heterocycles. The van der Waals surface area contributed by atoms with Crippen molar-refractivity contribution in [3.05, 3.63) is 78.3 Å². The van der Waals surface area contributed by atoms with E-state index in [2.05, 4.69) is 15.3 Å². The van der Waals surface area contributed by atoms with E-state index in [-0.39, 0.29) is 12.4 Å². The maximum atomic E-state index is 12.7. The molecular formula is C30H33N3O5. The van der Waals surface area contributed by atoms with E-state index in [4.69, 9.17) is 13.9 Å². The topological polar surface area (TPSA) is 104 Å². The molecule has 4 aromatic rings. The van der Waals surface area contributed by atoms with E-state index in [0.29, 0.717) is 42.4 Å². The number of Topliss-reactive ketones (excluding diaryl/α,β-unsaturated/α-hetero) is 1. The summed E-state index contributed by atoms with van der Waals surface area (Å²) >= 11 is 0. The van der Waals surface area contributed by atoms with Crippen LogP contribution in [0.2, 0.25) is 0 Å². The molecule has 198 valence electrons. The third kappa shape index (κ3) is 7.18. The molecule has 0 fully saturated rings. The number of pyridine rings is 1. The lowest BCUT2D eigenvalue weighted by molar-refractivity contribution is -0.118. The second kappa shape index (κ2) is 13.4. The van der Waals surface area contributed by atoms with Crippen LogP contribution < -0.4 is 10.1 Å². The number of alkyl carbamates (subject to hydrolysis) is 1. The second-order valence-corrected chi connectivity index (χ2v) is 9.05. The number of nitrogens with zero attached hydrogens (tertiary/aromatic N) is 2. The normalized spacial score (nSPS) is 11.7. The zero-order valence-electron chi connectivity index (χ0n) is 21.8. The van der Waals surface area contributed by atoms with E-state index in [1.165, 1.54) is 0 Å². The average molecular weight is 516 g/mol. The van der Waals surface area contributed by atoms with E-state index in [0.717, 1.165) is 35.7 Å². The number of amides is 1. The van der Waals surface area contributed by atoms with E-state index in [1.807, 2.05) is 67.6 Å². The number of para-hydroxylation sites is 1. The quantitative estimate of drug-likeness (QED) is 0.195. The van der Waals surface area contributed by atoms with E-state index < -0.39 is 12.1 Å². The Kier molecular flexibility index (Phi) is 9.45. The van der Waals surface area contributed by atoms with Gasteiger partial charge in [0.15, 0.2) is 5.76 Å². The van der Waals surface area contributed by atoms with Crippen molar-refractivity contribution in [2.45, 2.75) is 58.1 Å². The number of fused-ring (bicyclic) bond motifs is 1. The number of aromatic nitrogens is 2. The van der Waals surface area contributed by atoms with Crippen LogP contribution in [0, 0.1) is 0 Å². The summed E-state index contributed by atoms with van der Waals surface area (Å²) in [6.45, 7) is 2.04. The molecule has 4 rings (SSSR count). The molecule has 1 amide bonds. The molecule has 38 heavy (non-hydrogen) atoms. The Balaban J connectivity index is 1.49. The standard InChI is InChI=1S/C30H33N3O5/c1-3-23(34)15-8-5-9-17-26(33-30(35)37-20-21-12-6-4-7-13-21)29-31-19-27(38-29)24-18-22-14-10-11-16-25(22)32-28(24)36-2/h4,6-7,10-14,16,18-19,26H,3,5,8-9,15,17,20H2,1-2H3,(H,33,35)/t26-/m0/s1. The summed E-state index contributed by atoms with van der Waals surface area (Å²) in [6.07, 6.45) is 5.26. The van der Waals surface area contributed by atoms with Crippen molar-refractivity contribution >= 4 is 22.8 Å². The van der Waals surface area contributed by atoms with Gasteiger partial charge in [0.2, 0.25) is 11.8 Å². The number of hydrogen-bond donors (Lipinski definition) is 1. The summed E-state index contributed by atoms with van der Waals surface area (Å²) in [5, 5.41) is 3.85. The van der Waals surface area contributed by atoms with Crippen molar-refractivity contribution < 1.29 is 23.5 Å².